The van der Waals surface area contributed by atoms with Crippen molar-refractivity contribution in [2.45, 2.75) is 290 Å². The fourth-order valence-electron chi connectivity index (χ4n) is 8.71. The zero-order valence-electron chi connectivity index (χ0n) is 40.4. The van der Waals surface area contributed by atoms with Gasteiger partial charge in [-0.3, -0.25) is 0 Å². The minimum Gasteiger partial charge on any atom is -0.396 e. The second kappa shape index (κ2) is 51.5. The van der Waals surface area contributed by atoms with E-state index in [1.54, 1.807) is 0 Å². The van der Waals surface area contributed by atoms with Crippen LogP contribution in [0.3, 0.4) is 0 Å². The lowest BCUT2D eigenvalue weighted by molar-refractivity contribution is -0.0863. The topological polar surface area (TPSA) is 171 Å². The summed E-state index contributed by atoms with van der Waals surface area (Å²) in [4.78, 5) is 31.3. The van der Waals surface area contributed by atoms with Crippen LogP contribution in [0.5, 0.6) is 0 Å². The van der Waals surface area contributed by atoms with Crippen LogP contribution in [0.4, 0.5) is 0 Å². The second-order valence-corrected chi connectivity index (χ2v) is 20.4. The van der Waals surface area contributed by atoms with E-state index >= 15 is 0 Å². The standard InChI is InChI=1S/C50H102O4.H4O5P2/c1-3-5-7-9-11-13-15-17-19-21-23-25-27-29-33-37-41-48(43-39-35-31-32-36-40-44-49(54)50(45-51,46-52)47-53)42-38-34-30-28-26-24-22-20-18-16-14-12-10-8-6-4-2;1-6(2)5-7(3)4/h48-49,51-54H,3-47H2,1-2H3;1-4H. The molecule has 0 aliphatic carbocycles. The van der Waals surface area contributed by atoms with Gasteiger partial charge in [-0.15, -0.1) is 0 Å². The zero-order valence-corrected chi connectivity index (χ0v) is 42.1. The molecule has 0 aliphatic heterocycles. The van der Waals surface area contributed by atoms with Crippen LogP contribution in [0.25, 0.3) is 0 Å². The van der Waals surface area contributed by atoms with Crippen LogP contribution < -0.4 is 0 Å². The first-order chi connectivity index (χ1) is 29.7. The summed E-state index contributed by atoms with van der Waals surface area (Å²) in [7, 11) is -5.22. The Morgan fingerprint density at radius 1 is 0.328 bits per heavy atom. The third kappa shape index (κ3) is 46.8. The van der Waals surface area contributed by atoms with E-state index in [1.165, 1.54) is 250 Å². The molecular weight excluding hydrogens is 806 g/mol. The summed E-state index contributed by atoms with van der Waals surface area (Å²) in [6.45, 7) is 3.44. The van der Waals surface area contributed by atoms with Crippen LogP contribution in [-0.4, -0.2) is 65.9 Å². The van der Waals surface area contributed by atoms with Crippen molar-refractivity contribution in [2.24, 2.45) is 11.3 Å². The quantitative estimate of drug-likeness (QED) is 0.0219. The lowest BCUT2D eigenvalue weighted by Crippen LogP contribution is -2.45. The zero-order chi connectivity index (χ0) is 45.3. The Kier molecular flexibility index (Phi) is 53.7. The van der Waals surface area contributed by atoms with Crippen molar-refractivity contribution in [1.82, 2.24) is 0 Å². The minimum absolute atomic E-state index is 0.388. The van der Waals surface area contributed by atoms with E-state index in [1.807, 2.05) is 0 Å². The average molecular weight is 913 g/mol. The van der Waals surface area contributed by atoms with Crippen molar-refractivity contribution in [3.05, 3.63) is 0 Å². The van der Waals surface area contributed by atoms with Gasteiger partial charge in [-0.1, -0.05) is 277 Å². The molecule has 0 aromatic rings. The molecule has 0 spiro atoms. The van der Waals surface area contributed by atoms with Gasteiger partial charge in [0.05, 0.1) is 31.3 Å². The first-order valence-electron chi connectivity index (χ1n) is 26.3. The van der Waals surface area contributed by atoms with Crippen molar-refractivity contribution in [2.75, 3.05) is 19.8 Å². The molecule has 0 aromatic heterocycles. The Morgan fingerprint density at radius 2 is 0.525 bits per heavy atom. The highest BCUT2D eigenvalue weighted by molar-refractivity contribution is 7.53. The minimum atomic E-state index is -2.61. The molecule has 0 saturated heterocycles. The normalized spacial score (nSPS) is 12.5. The molecule has 0 aromatic carbocycles. The molecule has 11 heteroatoms. The first-order valence-corrected chi connectivity index (χ1v) is 28.6. The fourth-order valence-corrected chi connectivity index (χ4v) is 9.23. The van der Waals surface area contributed by atoms with E-state index in [4.69, 9.17) is 19.6 Å². The van der Waals surface area contributed by atoms with Crippen LogP contribution in [0.2, 0.25) is 0 Å². The Balaban J connectivity index is 0. The Hall–Kier alpha value is 0.500. The highest BCUT2D eigenvalue weighted by Gasteiger charge is 2.36. The molecule has 9 nitrogen and oxygen atoms in total. The molecule has 1 unspecified atom stereocenters. The number of hydrogen-bond donors (Lipinski definition) is 8. The molecular formula is C50H106O9P2. The molecule has 0 bridgehead atoms. The molecule has 0 heterocycles. The van der Waals surface area contributed by atoms with E-state index in [-0.39, 0.29) is 19.8 Å². The SMILES string of the molecule is CCCCCCCCCCCCCCCCCCC(CCCCCCCCCCCCCCCCCC)CCCCCCCCC(O)C(CO)(CO)CO.OP(O)OP(O)O. The van der Waals surface area contributed by atoms with Crippen LogP contribution in [-0.2, 0) is 4.31 Å². The Labute approximate surface area is 381 Å². The van der Waals surface area contributed by atoms with Gasteiger partial charge in [-0.05, 0) is 12.3 Å². The van der Waals surface area contributed by atoms with Gasteiger partial charge >= 0.3 is 17.2 Å². The van der Waals surface area contributed by atoms with Gasteiger partial charge in [0.2, 0.25) is 0 Å². The number of hydrogen-bond acceptors (Lipinski definition) is 9. The number of rotatable bonds is 49. The van der Waals surface area contributed by atoms with E-state index in [9.17, 15) is 20.4 Å². The van der Waals surface area contributed by atoms with Crippen molar-refractivity contribution < 1.29 is 44.3 Å². The summed E-state index contributed by atoms with van der Waals surface area (Å²) < 4.78 is 3.60. The first kappa shape index (κ1) is 63.6. The van der Waals surface area contributed by atoms with E-state index in [0.29, 0.717) is 6.42 Å². The summed E-state index contributed by atoms with van der Waals surface area (Å²) in [5.74, 6) is 0.919. The lowest BCUT2D eigenvalue weighted by atomic mass is 9.82. The van der Waals surface area contributed by atoms with Gasteiger partial charge in [-0.2, -0.15) is 0 Å². The highest BCUT2D eigenvalue weighted by atomic mass is 31.2. The third-order valence-corrected chi connectivity index (χ3v) is 14.2. The number of aliphatic hydroxyl groups is 4. The van der Waals surface area contributed by atoms with Crippen molar-refractivity contribution >= 4 is 17.2 Å². The van der Waals surface area contributed by atoms with Crippen molar-refractivity contribution in [3.8, 4) is 0 Å². The van der Waals surface area contributed by atoms with Crippen LogP contribution in [0.1, 0.15) is 284 Å². The monoisotopic (exact) mass is 913 g/mol. The van der Waals surface area contributed by atoms with E-state index in [2.05, 4.69) is 18.2 Å². The summed E-state index contributed by atoms with van der Waals surface area (Å²) in [5.41, 5.74) is -1.17. The number of unbranched alkanes of at least 4 members (excludes halogenated alkanes) is 35. The largest absolute Gasteiger partial charge is 0.396 e. The Morgan fingerprint density at radius 3 is 0.705 bits per heavy atom. The maximum atomic E-state index is 10.4. The van der Waals surface area contributed by atoms with Crippen molar-refractivity contribution in [1.29, 1.82) is 0 Å². The molecule has 0 saturated carbocycles. The maximum Gasteiger partial charge on any atom is 0.334 e. The summed E-state index contributed by atoms with van der Waals surface area (Å²) in [5, 5.41) is 39.1. The predicted octanol–water partition coefficient (Wildman–Crippen LogP) is 14.8. The molecule has 0 rings (SSSR count). The Bertz CT molecular complexity index is 757. The van der Waals surface area contributed by atoms with Gasteiger partial charge in [0.1, 0.15) is 0 Å². The molecule has 0 aliphatic rings. The maximum absolute atomic E-state index is 10.4. The molecule has 1 atom stereocenters. The summed E-state index contributed by atoms with van der Waals surface area (Å²) >= 11 is 0. The molecule has 61 heavy (non-hydrogen) atoms. The molecule has 370 valence electrons. The van der Waals surface area contributed by atoms with Gasteiger partial charge in [-0.25, -0.2) is 4.31 Å². The van der Waals surface area contributed by atoms with Gasteiger partial charge in [0.25, 0.3) is 0 Å². The molecule has 8 N–H and O–H groups in total. The van der Waals surface area contributed by atoms with Crippen LogP contribution >= 0.6 is 17.2 Å². The number of aliphatic hydroxyl groups excluding tert-OH is 4. The van der Waals surface area contributed by atoms with Crippen LogP contribution in [0.15, 0.2) is 0 Å². The van der Waals surface area contributed by atoms with Gasteiger partial charge in [0.15, 0.2) is 0 Å². The molecule has 0 radical (unpaired) electrons. The molecule has 0 amide bonds. The lowest BCUT2D eigenvalue weighted by Gasteiger charge is -2.32. The van der Waals surface area contributed by atoms with Gasteiger partial charge < -0.3 is 40.0 Å². The highest BCUT2D eigenvalue weighted by Crippen LogP contribution is 2.41. The average Bonchev–Trinajstić information content (AvgIpc) is 3.24. The van der Waals surface area contributed by atoms with Crippen molar-refractivity contribution in [3.63, 3.8) is 0 Å². The predicted molar refractivity (Wildman–Crippen MR) is 262 cm³/mol. The van der Waals surface area contributed by atoms with Crippen LogP contribution in [0, 0.1) is 11.3 Å². The van der Waals surface area contributed by atoms with E-state index < -0.39 is 28.7 Å². The van der Waals surface area contributed by atoms with E-state index in [0.717, 1.165) is 18.8 Å². The smallest absolute Gasteiger partial charge is 0.334 e. The van der Waals surface area contributed by atoms with Gasteiger partial charge in [0, 0.05) is 0 Å². The summed E-state index contributed by atoms with van der Waals surface area (Å²) in [6.07, 6.45) is 57.2. The fraction of sp³-hybridized carbons (Fsp3) is 1.00. The second-order valence-electron chi connectivity index (χ2n) is 18.7. The third-order valence-electron chi connectivity index (χ3n) is 13.1. The summed E-state index contributed by atoms with van der Waals surface area (Å²) in [6, 6.07) is 0. The molecule has 0 fully saturated rings.